The average Bonchev–Trinajstić information content (AvgIpc) is 2.40. The number of hydrogen-bond acceptors (Lipinski definition) is 2. The van der Waals surface area contributed by atoms with E-state index >= 15 is 0 Å². The van der Waals surface area contributed by atoms with Crippen molar-refractivity contribution in [1.29, 1.82) is 0 Å². The van der Waals surface area contributed by atoms with E-state index in [1.54, 1.807) is 0 Å². The number of nitrogens with one attached hydrogen (secondary N) is 1. The van der Waals surface area contributed by atoms with Gasteiger partial charge in [0.1, 0.15) is 0 Å². The predicted molar refractivity (Wildman–Crippen MR) is 73.8 cm³/mol. The molecule has 98 valence electrons. The lowest BCUT2D eigenvalue weighted by Gasteiger charge is -2.31. The molecule has 1 aromatic rings. The molecule has 3 heteroatoms. The molecular formula is C15H22N2O. The molecule has 0 bridgehead atoms. The number of piperidine rings is 1. The number of carbonyl (C=O) groups is 1. The van der Waals surface area contributed by atoms with Crippen molar-refractivity contribution in [3.63, 3.8) is 0 Å². The molecule has 0 unspecified atom stereocenters. The molecule has 2 rings (SSSR count). The summed E-state index contributed by atoms with van der Waals surface area (Å²) in [6.45, 7) is 7.51. The molecule has 18 heavy (non-hydrogen) atoms. The second-order valence-corrected chi connectivity index (χ2v) is 5.05. The lowest BCUT2D eigenvalue weighted by atomic mass is 10.0. The summed E-state index contributed by atoms with van der Waals surface area (Å²) in [5.74, 6) is 0.0601. The third kappa shape index (κ3) is 3.33. The van der Waals surface area contributed by atoms with E-state index in [1.807, 2.05) is 31.2 Å². The number of benzene rings is 1. The molecule has 1 saturated heterocycles. The SMILES string of the molecule is CCN1CCC(NC(=O)c2ccc(C)cc2)CC1. The third-order valence-corrected chi connectivity index (χ3v) is 3.68. The Morgan fingerprint density at radius 3 is 2.44 bits per heavy atom. The average molecular weight is 246 g/mol. The van der Waals surface area contributed by atoms with Crippen LogP contribution in [0.4, 0.5) is 0 Å². The van der Waals surface area contributed by atoms with Gasteiger partial charge in [0, 0.05) is 24.7 Å². The van der Waals surface area contributed by atoms with Gasteiger partial charge in [-0.2, -0.15) is 0 Å². The maximum Gasteiger partial charge on any atom is 0.251 e. The van der Waals surface area contributed by atoms with Gasteiger partial charge in [-0.15, -0.1) is 0 Å². The Labute approximate surface area is 109 Å². The number of carbonyl (C=O) groups excluding carboxylic acids is 1. The smallest absolute Gasteiger partial charge is 0.251 e. The largest absolute Gasteiger partial charge is 0.349 e. The van der Waals surface area contributed by atoms with Crippen LogP contribution in [0.2, 0.25) is 0 Å². The van der Waals surface area contributed by atoms with Gasteiger partial charge < -0.3 is 10.2 Å². The molecule has 1 N–H and O–H groups in total. The molecule has 0 radical (unpaired) electrons. The first-order valence-electron chi connectivity index (χ1n) is 6.79. The molecule has 0 saturated carbocycles. The van der Waals surface area contributed by atoms with Crippen molar-refractivity contribution in [2.75, 3.05) is 19.6 Å². The predicted octanol–water partition coefficient (Wildman–Crippen LogP) is 2.21. The molecule has 1 amide bonds. The standard InChI is InChI=1S/C15H22N2O/c1-3-17-10-8-14(9-11-17)16-15(18)13-6-4-12(2)5-7-13/h4-7,14H,3,8-11H2,1-2H3,(H,16,18). The van der Waals surface area contributed by atoms with E-state index in [1.165, 1.54) is 5.56 Å². The van der Waals surface area contributed by atoms with Crippen LogP contribution in [0.25, 0.3) is 0 Å². The fourth-order valence-corrected chi connectivity index (χ4v) is 2.37. The van der Waals surface area contributed by atoms with Crippen molar-refractivity contribution in [1.82, 2.24) is 10.2 Å². The van der Waals surface area contributed by atoms with E-state index in [0.29, 0.717) is 6.04 Å². The summed E-state index contributed by atoms with van der Waals surface area (Å²) in [6, 6.07) is 8.09. The number of amides is 1. The summed E-state index contributed by atoms with van der Waals surface area (Å²) < 4.78 is 0. The number of hydrogen-bond donors (Lipinski definition) is 1. The summed E-state index contributed by atoms with van der Waals surface area (Å²) in [6.07, 6.45) is 2.12. The molecule has 1 aromatic carbocycles. The van der Waals surface area contributed by atoms with Crippen LogP contribution in [0.5, 0.6) is 0 Å². The van der Waals surface area contributed by atoms with Crippen LogP contribution in [0.1, 0.15) is 35.7 Å². The van der Waals surface area contributed by atoms with Gasteiger partial charge in [0.2, 0.25) is 0 Å². The minimum Gasteiger partial charge on any atom is -0.349 e. The zero-order valence-electron chi connectivity index (χ0n) is 11.3. The number of aryl methyl sites for hydroxylation is 1. The summed E-state index contributed by atoms with van der Waals surface area (Å²) >= 11 is 0. The van der Waals surface area contributed by atoms with Gasteiger partial charge >= 0.3 is 0 Å². The number of likely N-dealkylation sites (tertiary alicyclic amines) is 1. The number of nitrogens with zero attached hydrogens (tertiary/aromatic N) is 1. The van der Waals surface area contributed by atoms with Crippen molar-refractivity contribution in [3.05, 3.63) is 35.4 Å². The fraction of sp³-hybridized carbons (Fsp3) is 0.533. The monoisotopic (exact) mass is 246 g/mol. The zero-order valence-corrected chi connectivity index (χ0v) is 11.3. The lowest BCUT2D eigenvalue weighted by Crippen LogP contribution is -2.44. The van der Waals surface area contributed by atoms with Crippen molar-refractivity contribution < 1.29 is 4.79 Å². The summed E-state index contributed by atoms with van der Waals surface area (Å²) in [5.41, 5.74) is 1.95. The van der Waals surface area contributed by atoms with Gasteiger partial charge in [-0.25, -0.2) is 0 Å². The number of rotatable bonds is 3. The highest BCUT2D eigenvalue weighted by atomic mass is 16.1. The first-order chi connectivity index (χ1) is 8.69. The molecule has 0 aromatic heterocycles. The molecule has 1 aliphatic heterocycles. The molecule has 1 fully saturated rings. The Balaban J connectivity index is 1.86. The van der Waals surface area contributed by atoms with Crippen molar-refractivity contribution in [2.24, 2.45) is 0 Å². The van der Waals surface area contributed by atoms with E-state index in [2.05, 4.69) is 17.1 Å². The van der Waals surface area contributed by atoms with Crippen molar-refractivity contribution in [3.8, 4) is 0 Å². The second-order valence-electron chi connectivity index (χ2n) is 5.05. The highest BCUT2D eigenvalue weighted by Gasteiger charge is 2.19. The van der Waals surface area contributed by atoms with Crippen LogP contribution < -0.4 is 5.32 Å². The molecular weight excluding hydrogens is 224 g/mol. The summed E-state index contributed by atoms with van der Waals surface area (Å²) in [7, 11) is 0. The molecule has 1 aliphatic rings. The van der Waals surface area contributed by atoms with Gasteiger partial charge in [0.05, 0.1) is 0 Å². The van der Waals surface area contributed by atoms with E-state index < -0.39 is 0 Å². The zero-order chi connectivity index (χ0) is 13.0. The van der Waals surface area contributed by atoms with Crippen LogP contribution in [0.3, 0.4) is 0 Å². The maximum absolute atomic E-state index is 12.1. The van der Waals surface area contributed by atoms with Crippen LogP contribution in [0.15, 0.2) is 24.3 Å². The normalized spacial score (nSPS) is 17.7. The molecule has 1 heterocycles. The van der Waals surface area contributed by atoms with Gasteiger partial charge in [-0.1, -0.05) is 24.6 Å². The summed E-state index contributed by atoms with van der Waals surface area (Å²) in [4.78, 5) is 14.5. The quantitative estimate of drug-likeness (QED) is 0.887. The highest BCUT2D eigenvalue weighted by molar-refractivity contribution is 5.94. The van der Waals surface area contributed by atoms with Gasteiger partial charge in [0.15, 0.2) is 0 Å². The van der Waals surface area contributed by atoms with Crippen LogP contribution in [-0.4, -0.2) is 36.5 Å². The van der Waals surface area contributed by atoms with Gasteiger partial charge in [0.25, 0.3) is 5.91 Å². The first kappa shape index (κ1) is 13.1. The lowest BCUT2D eigenvalue weighted by molar-refractivity contribution is 0.0912. The Morgan fingerprint density at radius 2 is 1.89 bits per heavy atom. The summed E-state index contributed by atoms with van der Waals surface area (Å²) in [5, 5.41) is 3.13. The Morgan fingerprint density at radius 1 is 1.28 bits per heavy atom. The van der Waals surface area contributed by atoms with Crippen LogP contribution >= 0.6 is 0 Å². The minimum atomic E-state index is 0.0601. The van der Waals surface area contributed by atoms with E-state index in [9.17, 15) is 4.79 Å². The highest BCUT2D eigenvalue weighted by Crippen LogP contribution is 2.11. The van der Waals surface area contributed by atoms with E-state index in [0.717, 1.165) is 38.0 Å². The Kier molecular flexibility index (Phi) is 4.37. The molecule has 0 spiro atoms. The Hall–Kier alpha value is -1.35. The minimum absolute atomic E-state index is 0.0601. The van der Waals surface area contributed by atoms with E-state index in [4.69, 9.17) is 0 Å². The molecule has 3 nitrogen and oxygen atoms in total. The molecule has 0 atom stereocenters. The van der Waals surface area contributed by atoms with Crippen LogP contribution in [0, 0.1) is 6.92 Å². The third-order valence-electron chi connectivity index (χ3n) is 3.68. The topological polar surface area (TPSA) is 32.3 Å². The van der Waals surface area contributed by atoms with Gasteiger partial charge in [-0.3, -0.25) is 4.79 Å². The first-order valence-corrected chi connectivity index (χ1v) is 6.79. The van der Waals surface area contributed by atoms with Gasteiger partial charge in [-0.05, 0) is 38.4 Å². The molecule has 0 aliphatic carbocycles. The van der Waals surface area contributed by atoms with E-state index in [-0.39, 0.29) is 5.91 Å². The second kappa shape index (κ2) is 6.01. The fourth-order valence-electron chi connectivity index (χ4n) is 2.37. The van der Waals surface area contributed by atoms with Crippen molar-refractivity contribution >= 4 is 5.91 Å². The maximum atomic E-state index is 12.1. The van der Waals surface area contributed by atoms with Crippen molar-refractivity contribution in [2.45, 2.75) is 32.7 Å². The Bertz CT molecular complexity index is 391. The van der Waals surface area contributed by atoms with Crippen LogP contribution in [-0.2, 0) is 0 Å².